The lowest BCUT2D eigenvalue weighted by Crippen LogP contribution is -2.32. The second kappa shape index (κ2) is 5.50. The number of benzene rings is 1. The highest BCUT2D eigenvalue weighted by Crippen LogP contribution is 2.25. The van der Waals surface area contributed by atoms with E-state index in [2.05, 4.69) is 4.98 Å². The Kier molecular flexibility index (Phi) is 3.94. The fourth-order valence-electron chi connectivity index (χ4n) is 2.00. The van der Waals surface area contributed by atoms with Crippen LogP contribution < -0.4 is 10.0 Å². The second-order valence-corrected chi connectivity index (χ2v) is 6.18. The Balaban J connectivity index is 2.54. The average Bonchev–Trinajstić information content (AvgIpc) is 2.39. The van der Waals surface area contributed by atoms with Crippen molar-refractivity contribution in [3.8, 4) is 0 Å². The van der Waals surface area contributed by atoms with Crippen molar-refractivity contribution >= 4 is 21.4 Å². The summed E-state index contributed by atoms with van der Waals surface area (Å²) in [5, 5.41) is -0.108. The second-order valence-electron chi connectivity index (χ2n) is 4.41. The smallest absolute Gasteiger partial charge is 0.283 e. The van der Waals surface area contributed by atoms with Crippen LogP contribution in [0, 0.1) is 6.92 Å². The summed E-state index contributed by atoms with van der Waals surface area (Å²) >= 11 is 0. The molecule has 1 aromatic heterocycles. The Morgan fingerprint density at radius 3 is 2.60 bits per heavy atom. The van der Waals surface area contributed by atoms with Crippen LogP contribution in [-0.4, -0.2) is 19.9 Å². The van der Waals surface area contributed by atoms with Gasteiger partial charge in [-0.1, -0.05) is 12.1 Å². The normalized spacial score (nSPS) is 11.3. The van der Waals surface area contributed by atoms with Crippen molar-refractivity contribution in [1.82, 2.24) is 4.98 Å². The van der Waals surface area contributed by atoms with Gasteiger partial charge in [-0.2, -0.15) is 8.42 Å². The number of aryl methyl sites for hydroxylation is 1. The Morgan fingerprint density at radius 1 is 1.25 bits per heavy atom. The standard InChI is InChI=1S/C14H17N3O2S/c1-3-17(12-7-4-6-11(2)10-12)20(18,19)14-13(15)8-5-9-16-14/h4-10H,3,15H2,1-2H3. The number of nitrogens with zero attached hydrogens (tertiary/aromatic N) is 2. The minimum absolute atomic E-state index is 0.108. The third-order valence-corrected chi connectivity index (χ3v) is 4.79. The van der Waals surface area contributed by atoms with Crippen LogP contribution in [0.1, 0.15) is 12.5 Å². The molecule has 0 aliphatic heterocycles. The topological polar surface area (TPSA) is 76.3 Å². The molecule has 0 aliphatic carbocycles. The monoisotopic (exact) mass is 291 g/mol. The molecule has 5 nitrogen and oxygen atoms in total. The summed E-state index contributed by atoms with van der Waals surface area (Å²) < 4.78 is 26.7. The van der Waals surface area contributed by atoms with E-state index in [-0.39, 0.29) is 10.7 Å². The summed E-state index contributed by atoms with van der Waals surface area (Å²) in [7, 11) is -3.75. The van der Waals surface area contributed by atoms with E-state index in [4.69, 9.17) is 5.73 Å². The van der Waals surface area contributed by atoms with Crippen LogP contribution in [0.3, 0.4) is 0 Å². The lowest BCUT2D eigenvalue weighted by atomic mass is 10.2. The maximum absolute atomic E-state index is 12.7. The molecule has 0 unspecified atom stereocenters. The van der Waals surface area contributed by atoms with Crippen LogP contribution in [0.2, 0.25) is 0 Å². The lowest BCUT2D eigenvalue weighted by Gasteiger charge is -2.23. The van der Waals surface area contributed by atoms with Gasteiger partial charge in [0.15, 0.2) is 5.03 Å². The van der Waals surface area contributed by atoms with Gasteiger partial charge < -0.3 is 5.73 Å². The summed E-state index contributed by atoms with van der Waals surface area (Å²) in [6, 6.07) is 10.5. The van der Waals surface area contributed by atoms with Crippen LogP contribution in [0.25, 0.3) is 0 Å². The zero-order chi connectivity index (χ0) is 14.8. The average molecular weight is 291 g/mol. The third kappa shape index (κ3) is 2.60. The van der Waals surface area contributed by atoms with Gasteiger partial charge in [-0.15, -0.1) is 0 Å². The molecule has 0 saturated heterocycles. The number of anilines is 2. The highest BCUT2D eigenvalue weighted by Gasteiger charge is 2.26. The molecular weight excluding hydrogens is 274 g/mol. The van der Waals surface area contributed by atoms with E-state index in [0.29, 0.717) is 12.2 Å². The molecule has 20 heavy (non-hydrogen) atoms. The first-order valence-electron chi connectivity index (χ1n) is 6.26. The predicted octanol–water partition coefficient (Wildman–Crippen LogP) is 2.19. The van der Waals surface area contributed by atoms with Crippen molar-refractivity contribution in [2.24, 2.45) is 0 Å². The van der Waals surface area contributed by atoms with Crippen LogP contribution in [0.5, 0.6) is 0 Å². The molecule has 0 saturated carbocycles. The van der Waals surface area contributed by atoms with Crippen LogP contribution >= 0.6 is 0 Å². The molecule has 0 atom stereocenters. The van der Waals surface area contributed by atoms with Gasteiger partial charge in [-0.05, 0) is 43.7 Å². The third-order valence-electron chi connectivity index (χ3n) is 2.91. The van der Waals surface area contributed by atoms with E-state index in [0.717, 1.165) is 5.56 Å². The number of nitrogen functional groups attached to an aromatic ring is 1. The Bertz CT molecular complexity index is 714. The molecule has 2 aromatic rings. The van der Waals surface area contributed by atoms with E-state index in [9.17, 15) is 8.42 Å². The van der Waals surface area contributed by atoms with Crippen molar-refractivity contribution in [2.45, 2.75) is 18.9 Å². The minimum atomic E-state index is -3.75. The molecule has 2 N–H and O–H groups in total. The van der Waals surface area contributed by atoms with E-state index < -0.39 is 10.0 Å². The highest BCUT2D eigenvalue weighted by atomic mass is 32.2. The van der Waals surface area contributed by atoms with E-state index in [1.807, 2.05) is 25.1 Å². The number of hydrogen-bond donors (Lipinski definition) is 1. The zero-order valence-corrected chi connectivity index (χ0v) is 12.3. The summed E-state index contributed by atoms with van der Waals surface area (Å²) in [4.78, 5) is 3.91. The van der Waals surface area contributed by atoms with Crippen molar-refractivity contribution in [1.29, 1.82) is 0 Å². The van der Waals surface area contributed by atoms with E-state index >= 15 is 0 Å². The molecule has 0 aliphatic rings. The summed E-state index contributed by atoms with van der Waals surface area (Å²) in [5.74, 6) is 0. The van der Waals surface area contributed by atoms with E-state index in [1.54, 1.807) is 19.1 Å². The van der Waals surface area contributed by atoms with Gasteiger partial charge in [0.2, 0.25) is 0 Å². The number of nitrogens with two attached hydrogens (primary N) is 1. The first kappa shape index (κ1) is 14.3. The van der Waals surface area contributed by atoms with Gasteiger partial charge in [-0.25, -0.2) is 4.98 Å². The van der Waals surface area contributed by atoms with Crippen molar-refractivity contribution < 1.29 is 8.42 Å². The van der Waals surface area contributed by atoms with Gasteiger partial charge in [0.1, 0.15) is 0 Å². The van der Waals surface area contributed by atoms with Gasteiger partial charge in [0.05, 0.1) is 11.4 Å². The summed E-state index contributed by atoms with van der Waals surface area (Å²) in [6.07, 6.45) is 1.42. The zero-order valence-electron chi connectivity index (χ0n) is 11.4. The number of hydrogen-bond acceptors (Lipinski definition) is 4. The highest BCUT2D eigenvalue weighted by molar-refractivity contribution is 7.92. The van der Waals surface area contributed by atoms with E-state index in [1.165, 1.54) is 16.6 Å². The first-order chi connectivity index (χ1) is 9.46. The molecule has 0 fully saturated rings. The maximum atomic E-state index is 12.7. The number of sulfonamides is 1. The Hall–Kier alpha value is -2.08. The van der Waals surface area contributed by atoms with Gasteiger partial charge in [-0.3, -0.25) is 4.31 Å². The number of aromatic nitrogens is 1. The summed E-state index contributed by atoms with van der Waals surface area (Å²) in [6.45, 7) is 4.00. The SMILES string of the molecule is CCN(c1cccc(C)c1)S(=O)(=O)c1ncccc1N. The molecule has 1 heterocycles. The predicted molar refractivity (Wildman–Crippen MR) is 80.0 cm³/mol. The first-order valence-corrected chi connectivity index (χ1v) is 7.70. The molecule has 6 heteroatoms. The largest absolute Gasteiger partial charge is 0.396 e. The van der Waals surface area contributed by atoms with Crippen molar-refractivity contribution in [3.05, 3.63) is 48.2 Å². The Morgan fingerprint density at radius 2 is 2.00 bits per heavy atom. The lowest BCUT2D eigenvalue weighted by molar-refractivity contribution is 0.588. The number of rotatable bonds is 4. The Labute approximate surface area is 119 Å². The molecule has 0 spiro atoms. The molecule has 0 radical (unpaired) electrons. The molecular formula is C14H17N3O2S. The van der Waals surface area contributed by atoms with Crippen molar-refractivity contribution in [3.63, 3.8) is 0 Å². The summed E-state index contributed by atoms with van der Waals surface area (Å²) in [5.41, 5.74) is 7.49. The van der Waals surface area contributed by atoms with Crippen LogP contribution in [-0.2, 0) is 10.0 Å². The van der Waals surface area contributed by atoms with Crippen molar-refractivity contribution in [2.75, 3.05) is 16.6 Å². The molecule has 1 aromatic carbocycles. The molecule has 0 amide bonds. The van der Waals surface area contributed by atoms with Crippen LogP contribution in [0.15, 0.2) is 47.6 Å². The quantitative estimate of drug-likeness (QED) is 0.936. The van der Waals surface area contributed by atoms with Crippen LogP contribution in [0.4, 0.5) is 11.4 Å². The molecule has 106 valence electrons. The molecule has 0 bridgehead atoms. The van der Waals surface area contributed by atoms with Gasteiger partial charge in [0.25, 0.3) is 10.0 Å². The van der Waals surface area contributed by atoms with Gasteiger partial charge in [0, 0.05) is 12.7 Å². The maximum Gasteiger partial charge on any atom is 0.283 e. The fourth-order valence-corrected chi connectivity index (χ4v) is 3.50. The van der Waals surface area contributed by atoms with Gasteiger partial charge >= 0.3 is 0 Å². The molecule has 2 rings (SSSR count). The fraction of sp³-hybridized carbons (Fsp3) is 0.214. The number of pyridine rings is 1. The minimum Gasteiger partial charge on any atom is -0.396 e.